The summed E-state index contributed by atoms with van der Waals surface area (Å²) < 4.78 is 0. The second-order valence-electron chi connectivity index (χ2n) is 5.78. The number of carbonyl (C=O) groups is 2. The minimum absolute atomic E-state index is 0.0820. The number of hydrogen-bond acceptors (Lipinski definition) is 2. The zero-order valence-electron chi connectivity index (χ0n) is 13.6. The molecule has 0 radical (unpaired) electrons. The molecule has 0 fully saturated rings. The van der Waals surface area contributed by atoms with Gasteiger partial charge in [-0.25, -0.2) is 0 Å². The molecule has 0 aliphatic heterocycles. The van der Waals surface area contributed by atoms with Crippen molar-refractivity contribution in [1.82, 2.24) is 0 Å². The fourth-order valence-electron chi connectivity index (χ4n) is 2.49. The van der Waals surface area contributed by atoms with Crippen LogP contribution in [-0.4, -0.2) is 17.0 Å². The Labute approximate surface area is 136 Å². The quantitative estimate of drug-likeness (QED) is 0.885. The third-order valence-corrected chi connectivity index (χ3v) is 4.05. The molecule has 120 valence electrons. The molecule has 0 saturated carbocycles. The SMILES string of the molecule is Cc1cccc(C)c1CC(=O)Nc1ccc(C(C)C(=O)O)cc1. The largest absolute Gasteiger partial charge is 0.481 e. The molecule has 0 aromatic heterocycles. The van der Waals surface area contributed by atoms with Crippen LogP contribution in [-0.2, 0) is 16.0 Å². The van der Waals surface area contributed by atoms with E-state index in [0.717, 1.165) is 16.7 Å². The molecule has 2 N–H and O–H groups in total. The van der Waals surface area contributed by atoms with Gasteiger partial charge < -0.3 is 10.4 Å². The number of benzene rings is 2. The minimum Gasteiger partial charge on any atom is -0.481 e. The molecule has 0 aliphatic carbocycles. The van der Waals surface area contributed by atoms with E-state index in [2.05, 4.69) is 5.32 Å². The summed E-state index contributed by atoms with van der Waals surface area (Å²) in [6.45, 7) is 5.63. The van der Waals surface area contributed by atoms with Gasteiger partial charge in [0, 0.05) is 5.69 Å². The third-order valence-electron chi connectivity index (χ3n) is 4.05. The monoisotopic (exact) mass is 311 g/mol. The van der Waals surface area contributed by atoms with Crippen LogP contribution in [0, 0.1) is 13.8 Å². The van der Waals surface area contributed by atoms with E-state index in [0.29, 0.717) is 17.7 Å². The first-order chi connectivity index (χ1) is 10.9. The second kappa shape index (κ2) is 7.09. The van der Waals surface area contributed by atoms with Gasteiger partial charge in [0.05, 0.1) is 12.3 Å². The van der Waals surface area contributed by atoms with Crippen molar-refractivity contribution in [3.63, 3.8) is 0 Å². The fraction of sp³-hybridized carbons (Fsp3) is 0.263. The van der Waals surface area contributed by atoms with Gasteiger partial charge in [-0.3, -0.25) is 9.59 Å². The highest BCUT2D eigenvalue weighted by atomic mass is 16.4. The molecule has 0 heterocycles. The lowest BCUT2D eigenvalue weighted by molar-refractivity contribution is -0.138. The molecule has 1 unspecified atom stereocenters. The van der Waals surface area contributed by atoms with Gasteiger partial charge in [0.2, 0.25) is 5.91 Å². The van der Waals surface area contributed by atoms with Crippen molar-refractivity contribution in [2.24, 2.45) is 0 Å². The van der Waals surface area contributed by atoms with Crippen LogP contribution in [0.3, 0.4) is 0 Å². The first-order valence-corrected chi connectivity index (χ1v) is 7.56. The van der Waals surface area contributed by atoms with E-state index in [9.17, 15) is 9.59 Å². The van der Waals surface area contributed by atoms with Crippen molar-refractivity contribution in [1.29, 1.82) is 0 Å². The lowest BCUT2D eigenvalue weighted by Gasteiger charge is -2.11. The van der Waals surface area contributed by atoms with E-state index in [4.69, 9.17) is 5.11 Å². The first kappa shape index (κ1) is 16.7. The number of carbonyl (C=O) groups excluding carboxylic acids is 1. The smallest absolute Gasteiger partial charge is 0.310 e. The van der Waals surface area contributed by atoms with Gasteiger partial charge in [0.15, 0.2) is 0 Å². The Hall–Kier alpha value is -2.62. The first-order valence-electron chi connectivity index (χ1n) is 7.56. The maximum absolute atomic E-state index is 12.2. The Morgan fingerprint density at radius 2 is 1.61 bits per heavy atom. The highest BCUT2D eigenvalue weighted by Crippen LogP contribution is 2.19. The number of aliphatic carboxylic acids is 1. The molecule has 1 atom stereocenters. The zero-order chi connectivity index (χ0) is 17.0. The Kier molecular flexibility index (Phi) is 5.16. The van der Waals surface area contributed by atoms with Crippen molar-refractivity contribution in [3.05, 3.63) is 64.7 Å². The summed E-state index contributed by atoms with van der Waals surface area (Å²) >= 11 is 0. The minimum atomic E-state index is -0.864. The van der Waals surface area contributed by atoms with Crippen LogP contribution in [0.15, 0.2) is 42.5 Å². The average molecular weight is 311 g/mol. The van der Waals surface area contributed by atoms with E-state index in [1.807, 2.05) is 32.0 Å². The van der Waals surface area contributed by atoms with E-state index in [1.165, 1.54) is 0 Å². The molecule has 0 spiro atoms. The van der Waals surface area contributed by atoms with E-state index >= 15 is 0 Å². The van der Waals surface area contributed by atoms with Gasteiger partial charge in [0.1, 0.15) is 0 Å². The Bertz CT molecular complexity index is 700. The summed E-state index contributed by atoms with van der Waals surface area (Å²) in [6.07, 6.45) is 0.325. The molecule has 2 aromatic carbocycles. The second-order valence-corrected chi connectivity index (χ2v) is 5.78. The molecule has 1 amide bonds. The number of amides is 1. The number of rotatable bonds is 5. The zero-order valence-corrected chi connectivity index (χ0v) is 13.6. The number of carboxylic acid groups (broad SMARTS) is 1. The Morgan fingerprint density at radius 1 is 1.04 bits per heavy atom. The highest BCUT2D eigenvalue weighted by molar-refractivity contribution is 5.92. The van der Waals surface area contributed by atoms with Gasteiger partial charge in [-0.05, 0) is 55.2 Å². The predicted molar refractivity (Wildman–Crippen MR) is 90.7 cm³/mol. The van der Waals surface area contributed by atoms with E-state index in [1.54, 1.807) is 31.2 Å². The summed E-state index contributed by atoms with van der Waals surface area (Å²) in [5.41, 5.74) is 4.63. The van der Waals surface area contributed by atoms with Gasteiger partial charge in [-0.2, -0.15) is 0 Å². The molecular formula is C19H21NO3. The van der Waals surface area contributed by atoms with Gasteiger partial charge in [-0.1, -0.05) is 30.3 Å². The number of nitrogens with one attached hydrogen (secondary N) is 1. The maximum Gasteiger partial charge on any atom is 0.310 e. The highest BCUT2D eigenvalue weighted by Gasteiger charge is 2.13. The number of hydrogen-bond donors (Lipinski definition) is 2. The van der Waals surface area contributed by atoms with Crippen molar-refractivity contribution in [3.8, 4) is 0 Å². The third kappa shape index (κ3) is 4.19. The topological polar surface area (TPSA) is 66.4 Å². The van der Waals surface area contributed by atoms with Crippen LogP contribution in [0.2, 0.25) is 0 Å². The van der Waals surface area contributed by atoms with Crippen LogP contribution in [0.5, 0.6) is 0 Å². The van der Waals surface area contributed by atoms with Crippen LogP contribution < -0.4 is 5.32 Å². The lowest BCUT2D eigenvalue weighted by atomic mass is 9.99. The summed E-state index contributed by atoms with van der Waals surface area (Å²) in [6, 6.07) is 12.9. The normalized spacial score (nSPS) is 11.8. The van der Waals surface area contributed by atoms with Crippen LogP contribution >= 0.6 is 0 Å². The van der Waals surface area contributed by atoms with Gasteiger partial charge >= 0.3 is 5.97 Å². The van der Waals surface area contributed by atoms with Crippen molar-refractivity contribution >= 4 is 17.6 Å². The molecule has 2 rings (SSSR count). The standard InChI is InChI=1S/C19H21NO3/c1-12-5-4-6-13(2)17(12)11-18(21)20-16-9-7-15(8-10-16)14(3)19(22)23/h4-10,14H,11H2,1-3H3,(H,20,21)(H,22,23). The van der Waals surface area contributed by atoms with Crippen molar-refractivity contribution in [2.75, 3.05) is 5.32 Å². The summed E-state index contributed by atoms with van der Waals surface area (Å²) in [4.78, 5) is 23.2. The molecule has 4 heteroatoms. The summed E-state index contributed by atoms with van der Waals surface area (Å²) in [5.74, 6) is -1.51. The van der Waals surface area contributed by atoms with Gasteiger partial charge in [0.25, 0.3) is 0 Å². The Morgan fingerprint density at radius 3 is 2.13 bits per heavy atom. The van der Waals surface area contributed by atoms with E-state index < -0.39 is 11.9 Å². The summed E-state index contributed by atoms with van der Waals surface area (Å²) in [7, 11) is 0. The number of carboxylic acids is 1. The Balaban J connectivity index is 2.05. The van der Waals surface area contributed by atoms with Gasteiger partial charge in [-0.15, -0.1) is 0 Å². The number of aryl methyl sites for hydroxylation is 2. The number of anilines is 1. The molecular weight excluding hydrogens is 290 g/mol. The molecule has 0 aliphatic rings. The van der Waals surface area contributed by atoms with Crippen LogP contribution in [0.1, 0.15) is 35.1 Å². The predicted octanol–water partition coefficient (Wildman–Crippen LogP) is 3.67. The van der Waals surface area contributed by atoms with E-state index in [-0.39, 0.29) is 5.91 Å². The molecule has 2 aromatic rings. The maximum atomic E-state index is 12.2. The molecule has 4 nitrogen and oxygen atoms in total. The lowest BCUT2D eigenvalue weighted by Crippen LogP contribution is -2.16. The molecule has 23 heavy (non-hydrogen) atoms. The van der Waals surface area contributed by atoms with Crippen LogP contribution in [0.25, 0.3) is 0 Å². The average Bonchev–Trinajstić information content (AvgIpc) is 2.51. The summed E-state index contributed by atoms with van der Waals surface area (Å²) in [5, 5.41) is 11.9. The van der Waals surface area contributed by atoms with Crippen LogP contribution in [0.4, 0.5) is 5.69 Å². The van der Waals surface area contributed by atoms with Crippen molar-refractivity contribution < 1.29 is 14.7 Å². The van der Waals surface area contributed by atoms with Crippen molar-refractivity contribution in [2.45, 2.75) is 33.1 Å². The fourth-order valence-corrected chi connectivity index (χ4v) is 2.49. The molecule has 0 bridgehead atoms. The molecule has 0 saturated heterocycles.